The molecule has 0 bridgehead atoms. The maximum atomic E-state index is 13.2. The molecule has 0 radical (unpaired) electrons. The highest BCUT2D eigenvalue weighted by atomic mass is 16.2. The van der Waals surface area contributed by atoms with Crippen LogP contribution >= 0.6 is 0 Å². The number of hydrogen-bond acceptors (Lipinski definition) is 4. The molecule has 154 valence electrons. The molecular weight excluding hydrogens is 384 g/mol. The third-order valence-electron chi connectivity index (χ3n) is 5.26. The minimum absolute atomic E-state index is 0.174. The maximum Gasteiger partial charge on any atom is 0.256 e. The molecule has 0 saturated carbocycles. The summed E-state index contributed by atoms with van der Waals surface area (Å²) in [5.41, 5.74) is 1.93. The molecule has 30 heavy (non-hydrogen) atoms. The molecule has 2 N–H and O–H groups in total. The zero-order valence-corrected chi connectivity index (χ0v) is 16.6. The Morgan fingerprint density at radius 1 is 1.03 bits per heavy atom. The minimum atomic E-state index is -0.541. The molecule has 2 heterocycles. The lowest BCUT2D eigenvalue weighted by molar-refractivity contribution is -0.124. The number of amides is 4. The van der Waals surface area contributed by atoms with E-state index in [0.717, 1.165) is 6.42 Å². The molecule has 4 amide bonds. The van der Waals surface area contributed by atoms with Crippen LogP contribution in [0.3, 0.4) is 0 Å². The molecule has 2 aliphatic heterocycles. The summed E-state index contributed by atoms with van der Waals surface area (Å²) in [6.07, 6.45) is 1.36. The fourth-order valence-electron chi connectivity index (χ4n) is 3.99. The Bertz CT molecular complexity index is 1040. The van der Waals surface area contributed by atoms with Crippen LogP contribution in [-0.2, 0) is 14.4 Å². The fourth-order valence-corrected chi connectivity index (χ4v) is 3.99. The van der Waals surface area contributed by atoms with E-state index in [1.54, 1.807) is 53.4 Å². The van der Waals surface area contributed by atoms with E-state index < -0.39 is 11.9 Å². The van der Waals surface area contributed by atoms with Gasteiger partial charge in [-0.25, -0.2) is 0 Å². The van der Waals surface area contributed by atoms with Crippen LogP contribution in [0.4, 0.5) is 17.1 Å². The van der Waals surface area contributed by atoms with E-state index in [2.05, 4.69) is 10.6 Å². The first-order valence-corrected chi connectivity index (χ1v) is 9.83. The number of anilines is 3. The van der Waals surface area contributed by atoms with Crippen molar-refractivity contribution in [3.63, 3.8) is 0 Å². The summed E-state index contributed by atoms with van der Waals surface area (Å²) in [6.45, 7) is 1.73. The highest BCUT2D eigenvalue weighted by molar-refractivity contribution is 6.13. The number of hydrogen-bond donors (Lipinski definition) is 2. The summed E-state index contributed by atoms with van der Waals surface area (Å²) in [7, 11) is 0. The van der Waals surface area contributed by atoms with Gasteiger partial charge in [0.05, 0.1) is 11.3 Å². The van der Waals surface area contributed by atoms with E-state index in [9.17, 15) is 19.2 Å². The van der Waals surface area contributed by atoms with E-state index in [1.807, 2.05) is 0 Å². The molecule has 2 aromatic rings. The topological polar surface area (TPSA) is 98.8 Å². The van der Waals surface area contributed by atoms with Crippen LogP contribution in [0.1, 0.15) is 30.1 Å². The van der Waals surface area contributed by atoms with Crippen LogP contribution < -0.4 is 15.5 Å². The number of fused-ring (bicyclic) bond motifs is 2. The van der Waals surface area contributed by atoms with Crippen LogP contribution in [0.15, 0.2) is 48.5 Å². The standard InChI is InChI=1S/C22H22N4O4/c1-14(27)23-15-6-4-7-16(12-15)24-20(28)13-26-18-9-3-2-8-17(18)21(29)25-11-5-10-19(25)22(26)30/h2-4,6-9,12,19H,5,10-11,13H2,1H3,(H,23,27)(H,24,28). The molecule has 2 aliphatic rings. The van der Waals surface area contributed by atoms with Crippen molar-refractivity contribution < 1.29 is 19.2 Å². The number of nitrogens with one attached hydrogen (secondary N) is 2. The Kier molecular flexibility index (Phi) is 5.22. The lowest BCUT2D eigenvalue weighted by Gasteiger charge is -2.25. The molecule has 8 nitrogen and oxygen atoms in total. The number of rotatable bonds is 4. The molecule has 4 rings (SSSR count). The Morgan fingerprint density at radius 3 is 2.53 bits per heavy atom. The van der Waals surface area contributed by atoms with Crippen LogP contribution in [0.5, 0.6) is 0 Å². The van der Waals surface area contributed by atoms with Crippen molar-refractivity contribution >= 4 is 40.7 Å². The summed E-state index contributed by atoms with van der Waals surface area (Å²) in [5.74, 6) is -1.02. The Labute approximate surface area is 173 Å². The average Bonchev–Trinajstić information content (AvgIpc) is 3.18. The van der Waals surface area contributed by atoms with E-state index >= 15 is 0 Å². The van der Waals surface area contributed by atoms with Gasteiger partial charge in [-0.1, -0.05) is 18.2 Å². The summed E-state index contributed by atoms with van der Waals surface area (Å²) in [5, 5.41) is 5.42. The highest BCUT2D eigenvalue weighted by Crippen LogP contribution is 2.32. The molecule has 2 aromatic carbocycles. The Morgan fingerprint density at radius 2 is 1.77 bits per heavy atom. The first-order valence-electron chi connectivity index (χ1n) is 9.83. The van der Waals surface area contributed by atoms with Crippen molar-refractivity contribution in [3.05, 3.63) is 54.1 Å². The fraction of sp³-hybridized carbons (Fsp3) is 0.273. The summed E-state index contributed by atoms with van der Waals surface area (Å²) >= 11 is 0. The molecule has 1 unspecified atom stereocenters. The van der Waals surface area contributed by atoms with Gasteiger partial charge in [-0.3, -0.25) is 19.2 Å². The largest absolute Gasteiger partial charge is 0.327 e. The van der Waals surface area contributed by atoms with Gasteiger partial charge in [-0.2, -0.15) is 0 Å². The van der Waals surface area contributed by atoms with Gasteiger partial charge in [0.25, 0.3) is 5.91 Å². The molecule has 8 heteroatoms. The molecule has 0 aliphatic carbocycles. The summed E-state index contributed by atoms with van der Waals surface area (Å²) < 4.78 is 0. The zero-order chi connectivity index (χ0) is 21.3. The third-order valence-corrected chi connectivity index (χ3v) is 5.26. The third kappa shape index (κ3) is 3.76. The average molecular weight is 406 g/mol. The summed E-state index contributed by atoms with van der Waals surface area (Å²) in [4.78, 5) is 53.1. The normalized spacial score (nSPS) is 17.8. The van der Waals surface area contributed by atoms with Crippen LogP contribution in [0.2, 0.25) is 0 Å². The molecule has 0 aromatic heterocycles. The Balaban J connectivity index is 1.58. The minimum Gasteiger partial charge on any atom is -0.327 e. The van der Waals surface area contributed by atoms with Crippen LogP contribution in [0.25, 0.3) is 0 Å². The SMILES string of the molecule is CC(=O)Nc1cccc(NC(=O)CN2C(=O)C3CCCN3C(=O)c3ccccc32)c1. The monoisotopic (exact) mass is 406 g/mol. The lowest BCUT2D eigenvalue weighted by Crippen LogP contribution is -2.47. The van der Waals surface area contributed by atoms with Crippen molar-refractivity contribution in [3.8, 4) is 0 Å². The number of nitrogens with zero attached hydrogens (tertiary/aromatic N) is 2. The first-order chi connectivity index (χ1) is 14.4. The van der Waals surface area contributed by atoms with Gasteiger partial charge in [0.1, 0.15) is 12.6 Å². The number of carbonyl (C=O) groups excluding carboxylic acids is 4. The quantitative estimate of drug-likeness (QED) is 0.813. The zero-order valence-electron chi connectivity index (χ0n) is 16.6. The van der Waals surface area contributed by atoms with Gasteiger partial charge < -0.3 is 20.4 Å². The molecular formula is C22H22N4O4. The van der Waals surface area contributed by atoms with Crippen molar-refractivity contribution in [2.75, 3.05) is 28.6 Å². The van der Waals surface area contributed by atoms with E-state index in [-0.39, 0.29) is 24.3 Å². The van der Waals surface area contributed by atoms with Crippen molar-refractivity contribution in [1.29, 1.82) is 0 Å². The van der Waals surface area contributed by atoms with Crippen LogP contribution in [-0.4, -0.2) is 47.7 Å². The van der Waals surface area contributed by atoms with E-state index in [0.29, 0.717) is 35.6 Å². The predicted octanol–water partition coefficient (Wildman–Crippen LogP) is 2.23. The molecule has 1 atom stereocenters. The smallest absolute Gasteiger partial charge is 0.256 e. The van der Waals surface area contributed by atoms with Gasteiger partial charge in [0.2, 0.25) is 17.7 Å². The Hall–Kier alpha value is -3.68. The first kappa shape index (κ1) is 19.6. The molecule has 1 fully saturated rings. The van der Waals surface area contributed by atoms with Crippen molar-refractivity contribution in [1.82, 2.24) is 4.90 Å². The van der Waals surface area contributed by atoms with Crippen molar-refractivity contribution in [2.24, 2.45) is 0 Å². The predicted molar refractivity (Wildman–Crippen MR) is 112 cm³/mol. The maximum absolute atomic E-state index is 13.2. The van der Waals surface area contributed by atoms with Crippen LogP contribution in [0, 0.1) is 0 Å². The van der Waals surface area contributed by atoms with E-state index in [4.69, 9.17) is 0 Å². The van der Waals surface area contributed by atoms with Gasteiger partial charge in [0.15, 0.2) is 0 Å². The number of para-hydroxylation sites is 1. The van der Waals surface area contributed by atoms with Gasteiger partial charge in [0, 0.05) is 24.8 Å². The number of carbonyl (C=O) groups is 4. The second-order valence-electron chi connectivity index (χ2n) is 7.41. The number of benzene rings is 2. The lowest BCUT2D eigenvalue weighted by atomic mass is 10.1. The highest BCUT2D eigenvalue weighted by Gasteiger charge is 2.42. The second kappa shape index (κ2) is 7.98. The molecule has 0 spiro atoms. The summed E-state index contributed by atoms with van der Waals surface area (Å²) in [6, 6.07) is 13.1. The van der Waals surface area contributed by atoms with Gasteiger partial charge in [-0.15, -0.1) is 0 Å². The van der Waals surface area contributed by atoms with Gasteiger partial charge >= 0.3 is 0 Å². The van der Waals surface area contributed by atoms with Gasteiger partial charge in [-0.05, 0) is 43.2 Å². The molecule has 1 saturated heterocycles. The van der Waals surface area contributed by atoms with E-state index in [1.165, 1.54) is 11.8 Å². The second-order valence-corrected chi connectivity index (χ2v) is 7.41. The van der Waals surface area contributed by atoms with Crippen molar-refractivity contribution in [2.45, 2.75) is 25.8 Å².